The van der Waals surface area contributed by atoms with Crippen LogP contribution in [0.2, 0.25) is 0 Å². The molecule has 0 aliphatic heterocycles. The third-order valence-electron chi connectivity index (χ3n) is 3.33. The second-order valence-electron chi connectivity index (χ2n) is 6.33. The fourth-order valence-corrected chi connectivity index (χ4v) is 2.09. The molecule has 0 saturated heterocycles. The van der Waals surface area contributed by atoms with Crippen LogP contribution in [0.3, 0.4) is 0 Å². The second-order valence-corrected chi connectivity index (χ2v) is 6.33. The fraction of sp³-hybridized carbons (Fsp3) is 0.500. The van der Waals surface area contributed by atoms with Gasteiger partial charge in [-0.3, -0.25) is 0 Å². The number of rotatable bonds is 4. The van der Waals surface area contributed by atoms with Crippen molar-refractivity contribution in [1.82, 2.24) is 20.1 Å². The van der Waals surface area contributed by atoms with E-state index in [9.17, 15) is 0 Å². The molecule has 0 amide bonds. The van der Waals surface area contributed by atoms with Gasteiger partial charge in [-0.2, -0.15) is 5.10 Å². The lowest BCUT2D eigenvalue weighted by atomic mass is 10.0. The van der Waals surface area contributed by atoms with Gasteiger partial charge in [-0.25, -0.2) is 9.67 Å². The van der Waals surface area contributed by atoms with E-state index in [1.807, 2.05) is 11.0 Å². The maximum absolute atomic E-state index is 4.53. The molecule has 0 radical (unpaired) electrons. The lowest BCUT2D eigenvalue weighted by Crippen LogP contribution is -2.35. The van der Waals surface area contributed by atoms with Crippen molar-refractivity contribution < 1.29 is 0 Å². The minimum atomic E-state index is 0.0814. The average Bonchev–Trinajstić information content (AvgIpc) is 2.79. The fourth-order valence-electron chi connectivity index (χ4n) is 2.09. The smallest absolute Gasteiger partial charge is 0.164 e. The summed E-state index contributed by atoms with van der Waals surface area (Å²) in [4.78, 5) is 4.36. The maximum Gasteiger partial charge on any atom is 0.164 e. The third kappa shape index (κ3) is 3.90. The van der Waals surface area contributed by atoms with E-state index < -0.39 is 0 Å². The van der Waals surface area contributed by atoms with E-state index >= 15 is 0 Å². The van der Waals surface area contributed by atoms with Gasteiger partial charge < -0.3 is 5.32 Å². The molecule has 2 rings (SSSR count). The summed E-state index contributed by atoms with van der Waals surface area (Å²) < 4.78 is 1.91. The minimum Gasteiger partial charge on any atom is -0.305 e. The molecule has 1 N–H and O–H groups in total. The first-order chi connectivity index (χ1) is 9.35. The molecule has 0 unspecified atom stereocenters. The van der Waals surface area contributed by atoms with Crippen LogP contribution in [0.4, 0.5) is 0 Å². The van der Waals surface area contributed by atoms with Gasteiger partial charge >= 0.3 is 0 Å². The molecule has 0 atom stereocenters. The van der Waals surface area contributed by atoms with Crippen LogP contribution in [0.15, 0.2) is 24.5 Å². The van der Waals surface area contributed by atoms with Crippen LogP contribution in [0, 0.1) is 13.8 Å². The van der Waals surface area contributed by atoms with E-state index in [0.717, 1.165) is 12.4 Å². The third-order valence-corrected chi connectivity index (χ3v) is 3.33. The van der Waals surface area contributed by atoms with Crippen molar-refractivity contribution in [2.45, 2.75) is 53.2 Å². The molecule has 4 heteroatoms. The van der Waals surface area contributed by atoms with Crippen LogP contribution in [0.5, 0.6) is 0 Å². The predicted molar refractivity (Wildman–Crippen MR) is 81.6 cm³/mol. The Labute approximate surface area is 121 Å². The standard InChI is InChI=1S/C16H24N4/c1-12-7-6-8-13(2)14(12)10-20-11-17-15(19-20)9-18-16(3,4)5/h6-8,11,18H,9-10H2,1-5H3. The lowest BCUT2D eigenvalue weighted by Gasteiger charge is -2.19. The molecule has 1 heterocycles. The number of hydrogen-bond donors (Lipinski definition) is 1. The van der Waals surface area contributed by atoms with Gasteiger partial charge in [0.2, 0.25) is 0 Å². The van der Waals surface area contributed by atoms with Crippen molar-refractivity contribution in [3.8, 4) is 0 Å². The van der Waals surface area contributed by atoms with Gasteiger partial charge in [-0.15, -0.1) is 0 Å². The SMILES string of the molecule is Cc1cccc(C)c1Cn1cnc(CNC(C)(C)C)n1. The molecule has 0 spiro atoms. The first kappa shape index (κ1) is 14.7. The van der Waals surface area contributed by atoms with E-state index in [1.54, 1.807) is 0 Å². The van der Waals surface area contributed by atoms with Crippen LogP contribution >= 0.6 is 0 Å². The maximum atomic E-state index is 4.53. The van der Waals surface area contributed by atoms with Crippen molar-refractivity contribution in [3.05, 3.63) is 47.0 Å². The lowest BCUT2D eigenvalue weighted by molar-refractivity contribution is 0.417. The van der Waals surface area contributed by atoms with Gasteiger partial charge in [0.15, 0.2) is 5.82 Å². The zero-order valence-electron chi connectivity index (χ0n) is 13.1. The molecule has 0 aliphatic carbocycles. The van der Waals surface area contributed by atoms with Crippen LogP contribution in [-0.2, 0) is 13.1 Å². The van der Waals surface area contributed by atoms with Gasteiger partial charge in [0.1, 0.15) is 6.33 Å². The normalized spacial score (nSPS) is 11.8. The Bertz CT molecular complexity index is 558. The number of hydrogen-bond acceptors (Lipinski definition) is 3. The van der Waals surface area contributed by atoms with Crippen molar-refractivity contribution in [3.63, 3.8) is 0 Å². The largest absolute Gasteiger partial charge is 0.305 e. The number of aromatic nitrogens is 3. The van der Waals surface area contributed by atoms with E-state index in [-0.39, 0.29) is 5.54 Å². The summed E-state index contributed by atoms with van der Waals surface area (Å²) >= 11 is 0. The summed E-state index contributed by atoms with van der Waals surface area (Å²) in [5.74, 6) is 0.839. The summed E-state index contributed by atoms with van der Waals surface area (Å²) in [5.41, 5.74) is 4.01. The van der Waals surface area contributed by atoms with Crippen molar-refractivity contribution in [1.29, 1.82) is 0 Å². The first-order valence-electron chi connectivity index (χ1n) is 7.03. The Morgan fingerprint density at radius 1 is 1.15 bits per heavy atom. The minimum absolute atomic E-state index is 0.0814. The molecule has 20 heavy (non-hydrogen) atoms. The number of aryl methyl sites for hydroxylation is 2. The van der Waals surface area contributed by atoms with Crippen molar-refractivity contribution in [2.24, 2.45) is 0 Å². The molecule has 0 saturated carbocycles. The number of benzene rings is 1. The number of nitrogens with zero attached hydrogens (tertiary/aromatic N) is 3. The number of nitrogens with one attached hydrogen (secondary N) is 1. The average molecular weight is 272 g/mol. The molecule has 4 nitrogen and oxygen atoms in total. The topological polar surface area (TPSA) is 42.7 Å². The quantitative estimate of drug-likeness (QED) is 0.930. The van der Waals surface area contributed by atoms with Crippen LogP contribution in [0.25, 0.3) is 0 Å². The van der Waals surface area contributed by atoms with E-state index in [2.05, 4.69) is 68.2 Å². The molecule has 0 aliphatic rings. The van der Waals surface area contributed by atoms with Crippen molar-refractivity contribution in [2.75, 3.05) is 0 Å². The Morgan fingerprint density at radius 3 is 2.40 bits per heavy atom. The van der Waals surface area contributed by atoms with E-state index in [1.165, 1.54) is 16.7 Å². The molecule has 2 aromatic rings. The molecular weight excluding hydrogens is 248 g/mol. The van der Waals surface area contributed by atoms with Crippen molar-refractivity contribution >= 4 is 0 Å². The summed E-state index contributed by atoms with van der Waals surface area (Å²) in [5, 5.41) is 7.93. The molecule has 108 valence electrons. The first-order valence-corrected chi connectivity index (χ1v) is 7.03. The summed E-state index contributed by atoms with van der Waals surface area (Å²) in [6.07, 6.45) is 1.81. The predicted octanol–water partition coefficient (Wildman–Crippen LogP) is 2.83. The second kappa shape index (κ2) is 5.75. The molecule has 0 fully saturated rings. The molecule has 1 aromatic carbocycles. The molecule has 1 aromatic heterocycles. The zero-order valence-corrected chi connectivity index (χ0v) is 13.1. The highest BCUT2D eigenvalue weighted by molar-refractivity contribution is 5.33. The summed E-state index contributed by atoms with van der Waals surface area (Å²) in [7, 11) is 0. The van der Waals surface area contributed by atoms with Gasteiger partial charge in [0, 0.05) is 5.54 Å². The monoisotopic (exact) mass is 272 g/mol. The van der Waals surface area contributed by atoms with E-state index in [4.69, 9.17) is 0 Å². The molecular formula is C16H24N4. The van der Waals surface area contributed by atoms with Crippen LogP contribution in [0.1, 0.15) is 43.3 Å². The summed E-state index contributed by atoms with van der Waals surface area (Å²) in [6, 6.07) is 6.37. The molecule has 0 bridgehead atoms. The van der Waals surface area contributed by atoms with Gasteiger partial charge in [-0.05, 0) is 51.3 Å². The van der Waals surface area contributed by atoms with Gasteiger partial charge in [-0.1, -0.05) is 18.2 Å². The van der Waals surface area contributed by atoms with E-state index in [0.29, 0.717) is 6.54 Å². The van der Waals surface area contributed by atoms with Gasteiger partial charge in [0.25, 0.3) is 0 Å². The summed E-state index contributed by atoms with van der Waals surface area (Å²) in [6.45, 7) is 12.2. The Kier molecular flexibility index (Phi) is 4.23. The van der Waals surface area contributed by atoms with Crippen LogP contribution < -0.4 is 5.32 Å². The highest BCUT2D eigenvalue weighted by Crippen LogP contribution is 2.14. The van der Waals surface area contributed by atoms with Crippen LogP contribution in [-0.4, -0.2) is 20.3 Å². The highest BCUT2D eigenvalue weighted by atomic mass is 15.3. The Hall–Kier alpha value is -1.68. The highest BCUT2D eigenvalue weighted by Gasteiger charge is 2.11. The Balaban J connectivity index is 2.06. The zero-order chi connectivity index (χ0) is 14.8. The Morgan fingerprint density at radius 2 is 1.80 bits per heavy atom. The van der Waals surface area contributed by atoms with Gasteiger partial charge in [0.05, 0.1) is 13.1 Å².